The van der Waals surface area contributed by atoms with Crippen LogP contribution in [0, 0.1) is 6.92 Å². The standard InChI is InChI=1S/C15H21NO2/c1-10(2)12-7-6-11(3)14(9-12)16-8-4-5-13(16)15(17)18/h6-7,9-10,13H,4-5,8H2,1-3H3,(H,17,18)/t13-/m0/s1. The fraction of sp³-hybridized carbons (Fsp3) is 0.533. The molecule has 1 atom stereocenters. The van der Waals surface area contributed by atoms with Gasteiger partial charge in [-0.05, 0) is 42.9 Å². The molecule has 0 unspecified atom stereocenters. The Bertz CT molecular complexity index is 454. The highest BCUT2D eigenvalue weighted by atomic mass is 16.4. The minimum absolute atomic E-state index is 0.355. The summed E-state index contributed by atoms with van der Waals surface area (Å²) in [7, 11) is 0. The summed E-state index contributed by atoms with van der Waals surface area (Å²) in [5.41, 5.74) is 3.52. The number of anilines is 1. The number of aliphatic carboxylic acids is 1. The van der Waals surface area contributed by atoms with E-state index in [0.29, 0.717) is 5.92 Å². The number of carbonyl (C=O) groups is 1. The van der Waals surface area contributed by atoms with Gasteiger partial charge in [-0.2, -0.15) is 0 Å². The van der Waals surface area contributed by atoms with Crippen LogP contribution in [-0.4, -0.2) is 23.7 Å². The molecule has 0 aliphatic carbocycles. The Balaban J connectivity index is 2.37. The monoisotopic (exact) mass is 247 g/mol. The largest absolute Gasteiger partial charge is 0.480 e. The van der Waals surface area contributed by atoms with Crippen molar-refractivity contribution in [2.24, 2.45) is 0 Å². The molecule has 1 saturated heterocycles. The van der Waals surface area contributed by atoms with E-state index in [0.717, 1.165) is 30.6 Å². The molecule has 0 radical (unpaired) electrons. The van der Waals surface area contributed by atoms with Gasteiger partial charge >= 0.3 is 5.97 Å². The van der Waals surface area contributed by atoms with Crippen molar-refractivity contribution in [2.75, 3.05) is 11.4 Å². The third-order valence-corrected chi connectivity index (χ3v) is 3.75. The Kier molecular flexibility index (Phi) is 3.60. The minimum atomic E-state index is -0.707. The van der Waals surface area contributed by atoms with E-state index < -0.39 is 5.97 Å². The number of carboxylic acids is 1. The zero-order valence-corrected chi connectivity index (χ0v) is 11.3. The highest BCUT2D eigenvalue weighted by Crippen LogP contribution is 2.31. The minimum Gasteiger partial charge on any atom is -0.480 e. The average molecular weight is 247 g/mol. The first-order valence-corrected chi connectivity index (χ1v) is 6.60. The van der Waals surface area contributed by atoms with Crippen molar-refractivity contribution >= 4 is 11.7 Å². The molecule has 1 N–H and O–H groups in total. The smallest absolute Gasteiger partial charge is 0.326 e. The quantitative estimate of drug-likeness (QED) is 0.891. The van der Waals surface area contributed by atoms with Gasteiger partial charge in [-0.1, -0.05) is 26.0 Å². The van der Waals surface area contributed by atoms with E-state index in [9.17, 15) is 9.90 Å². The summed E-state index contributed by atoms with van der Waals surface area (Å²) in [6.45, 7) is 7.22. The molecule has 3 heteroatoms. The van der Waals surface area contributed by atoms with Crippen molar-refractivity contribution in [2.45, 2.75) is 45.6 Å². The van der Waals surface area contributed by atoms with Crippen LogP contribution in [0.4, 0.5) is 5.69 Å². The molecule has 0 spiro atoms. The Labute approximate surface area is 108 Å². The fourth-order valence-electron chi connectivity index (χ4n) is 2.61. The number of benzene rings is 1. The maximum Gasteiger partial charge on any atom is 0.326 e. The van der Waals surface area contributed by atoms with Crippen LogP contribution < -0.4 is 4.90 Å². The maximum absolute atomic E-state index is 11.3. The first-order chi connectivity index (χ1) is 8.50. The number of rotatable bonds is 3. The molecular weight excluding hydrogens is 226 g/mol. The zero-order chi connectivity index (χ0) is 13.3. The molecular formula is C15H21NO2. The first-order valence-electron chi connectivity index (χ1n) is 6.60. The van der Waals surface area contributed by atoms with Crippen LogP contribution in [-0.2, 0) is 4.79 Å². The SMILES string of the molecule is Cc1ccc(C(C)C)cc1N1CCC[C@H]1C(=O)O. The Morgan fingerprint density at radius 1 is 1.44 bits per heavy atom. The Morgan fingerprint density at radius 2 is 2.17 bits per heavy atom. The normalized spacial score (nSPS) is 19.6. The second kappa shape index (κ2) is 5.01. The molecule has 1 fully saturated rings. The van der Waals surface area contributed by atoms with Gasteiger partial charge in [0.05, 0.1) is 0 Å². The first kappa shape index (κ1) is 12.9. The van der Waals surface area contributed by atoms with Crippen LogP contribution in [0.25, 0.3) is 0 Å². The summed E-state index contributed by atoms with van der Waals surface area (Å²) in [5.74, 6) is -0.239. The van der Waals surface area contributed by atoms with Crippen molar-refractivity contribution in [3.8, 4) is 0 Å². The van der Waals surface area contributed by atoms with Gasteiger partial charge in [0, 0.05) is 12.2 Å². The molecule has 98 valence electrons. The lowest BCUT2D eigenvalue weighted by atomic mass is 10.00. The molecule has 1 heterocycles. The van der Waals surface area contributed by atoms with Crippen LogP contribution in [0.5, 0.6) is 0 Å². The van der Waals surface area contributed by atoms with Gasteiger partial charge in [0.1, 0.15) is 6.04 Å². The second-order valence-corrected chi connectivity index (χ2v) is 5.39. The molecule has 0 bridgehead atoms. The average Bonchev–Trinajstić information content (AvgIpc) is 2.78. The number of hydrogen-bond donors (Lipinski definition) is 1. The molecule has 1 aliphatic heterocycles. The number of nitrogens with zero attached hydrogens (tertiary/aromatic N) is 1. The molecule has 0 aromatic heterocycles. The lowest BCUT2D eigenvalue weighted by Gasteiger charge is -2.26. The van der Waals surface area contributed by atoms with E-state index in [1.165, 1.54) is 5.56 Å². The van der Waals surface area contributed by atoms with Crippen LogP contribution in [0.1, 0.15) is 43.7 Å². The second-order valence-electron chi connectivity index (χ2n) is 5.39. The molecule has 0 saturated carbocycles. The highest BCUT2D eigenvalue weighted by Gasteiger charge is 2.31. The van der Waals surface area contributed by atoms with E-state index >= 15 is 0 Å². The van der Waals surface area contributed by atoms with Crippen molar-refractivity contribution in [1.82, 2.24) is 0 Å². The number of carboxylic acid groups (broad SMARTS) is 1. The van der Waals surface area contributed by atoms with E-state index in [-0.39, 0.29) is 6.04 Å². The van der Waals surface area contributed by atoms with E-state index in [1.807, 2.05) is 4.90 Å². The summed E-state index contributed by atoms with van der Waals surface area (Å²) in [4.78, 5) is 13.3. The third kappa shape index (κ3) is 2.35. The van der Waals surface area contributed by atoms with E-state index in [4.69, 9.17) is 0 Å². The topological polar surface area (TPSA) is 40.5 Å². The molecule has 2 rings (SSSR count). The van der Waals surface area contributed by atoms with Gasteiger partial charge < -0.3 is 10.0 Å². The summed E-state index contributed by atoms with van der Waals surface area (Å²) in [6.07, 6.45) is 1.71. The van der Waals surface area contributed by atoms with Crippen molar-refractivity contribution in [3.63, 3.8) is 0 Å². The van der Waals surface area contributed by atoms with E-state index in [2.05, 4.69) is 39.0 Å². The zero-order valence-electron chi connectivity index (χ0n) is 11.3. The van der Waals surface area contributed by atoms with Crippen LogP contribution in [0.3, 0.4) is 0 Å². The van der Waals surface area contributed by atoms with Gasteiger partial charge in [0.25, 0.3) is 0 Å². The molecule has 1 aromatic carbocycles. The third-order valence-electron chi connectivity index (χ3n) is 3.75. The van der Waals surface area contributed by atoms with Crippen molar-refractivity contribution in [3.05, 3.63) is 29.3 Å². The Hall–Kier alpha value is -1.51. The predicted molar refractivity (Wildman–Crippen MR) is 73.3 cm³/mol. The lowest BCUT2D eigenvalue weighted by Crippen LogP contribution is -2.36. The summed E-state index contributed by atoms with van der Waals surface area (Å²) in [5, 5.41) is 9.27. The van der Waals surface area contributed by atoms with Gasteiger partial charge in [0.2, 0.25) is 0 Å². The Morgan fingerprint density at radius 3 is 2.78 bits per heavy atom. The summed E-state index contributed by atoms with van der Waals surface area (Å²) < 4.78 is 0. The number of aryl methyl sites for hydroxylation is 1. The van der Waals surface area contributed by atoms with Crippen molar-refractivity contribution < 1.29 is 9.90 Å². The van der Waals surface area contributed by atoms with Gasteiger partial charge in [-0.3, -0.25) is 0 Å². The molecule has 1 aromatic rings. The molecule has 1 aliphatic rings. The van der Waals surface area contributed by atoms with Gasteiger partial charge in [0.15, 0.2) is 0 Å². The summed E-state index contributed by atoms with van der Waals surface area (Å²) in [6, 6.07) is 6.03. The molecule has 0 amide bonds. The van der Waals surface area contributed by atoms with Gasteiger partial charge in [-0.15, -0.1) is 0 Å². The summed E-state index contributed by atoms with van der Waals surface area (Å²) >= 11 is 0. The van der Waals surface area contributed by atoms with Crippen molar-refractivity contribution in [1.29, 1.82) is 0 Å². The molecule has 3 nitrogen and oxygen atoms in total. The maximum atomic E-state index is 11.3. The van der Waals surface area contributed by atoms with Crippen LogP contribution in [0.15, 0.2) is 18.2 Å². The van der Waals surface area contributed by atoms with Crippen LogP contribution in [0.2, 0.25) is 0 Å². The van der Waals surface area contributed by atoms with Gasteiger partial charge in [-0.25, -0.2) is 4.79 Å². The number of hydrogen-bond acceptors (Lipinski definition) is 2. The van der Waals surface area contributed by atoms with E-state index in [1.54, 1.807) is 0 Å². The predicted octanol–water partition coefficient (Wildman–Crippen LogP) is 3.17. The highest BCUT2D eigenvalue weighted by molar-refractivity contribution is 5.79. The van der Waals surface area contributed by atoms with Crippen LogP contribution >= 0.6 is 0 Å². The fourth-order valence-corrected chi connectivity index (χ4v) is 2.61. The lowest BCUT2D eigenvalue weighted by molar-refractivity contribution is -0.138. The molecule has 18 heavy (non-hydrogen) atoms.